The zero-order valence-corrected chi connectivity index (χ0v) is 11.3. The molecule has 0 amide bonds. The maximum absolute atomic E-state index is 8.81. The minimum absolute atomic E-state index is 0.478. The van der Waals surface area contributed by atoms with Crippen molar-refractivity contribution in [1.82, 2.24) is 4.90 Å². The van der Waals surface area contributed by atoms with Crippen LogP contribution in [0.1, 0.15) is 17.5 Å². The molecule has 1 saturated heterocycles. The van der Waals surface area contributed by atoms with Crippen LogP contribution in [0, 0.1) is 11.3 Å². The van der Waals surface area contributed by atoms with Crippen LogP contribution in [-0.4, -0.2) is 44.4 Å². The summed E-state index contributed by atoms with van der Waals surface area (Å²) >= 11 is 0. The second-order valence-corrected chi connectivity index (χ2v) is 4.79. The topological polar surface area (TPSA) is 45.5 Å². The smallest absolute Gasteiger partial charge is 0.0991 e. The Labute approximate surface area is 114 Å². The number of methoxy groups -OCH3 is 1. The van der Waals surface area contributed by atoms with E-state index in [0.29, 0.717) is 11.6 Å². The van der Waals surface area contributed by atoms with Gasteiger partial charge in [-0.25, -0.2) is 0 Å². The molecule has 102 valence electrons. The number of benzene rings is 1. The maximum atomic E-state index is 8.81. The van der Waals surface area contributed by atoms with E-state index in [-0.39, 0.29) is 0 Å². The highest BCUT2D eigenvalue weighted by molar-refractivity contribution is 5.31. The van der Waals surface area contributed by atoms with Crippen molar-refractivity contribution >= 4 is 0 Å². The van der Waals surface area contributed by atoms with Crippen LogP contribution in [0.5, 0.6) is 0 Å². The van der Waals surface area contributed by atoms with Crippen molar-refractivity contribution < 1.29 is 9.47 Å². The number of hydrogen-bond donors (Lipinski definition) is 0. The third kappa shape index (κ3) is 4.03. The van der Waals surface area contributed by atoms with Crippen molar-refractivity contribution in [3.63, 3.8) is 0 Å². The number of nitrogens with zero attached hydrogens (tertiary/aromatic N) is 2. The average molecular weight is 260 g/mol. The molecule has 1 aromatic rings. The lowest BCUT2D eigenvalue weighted by molar-refractivity contribution is 0.100. The van der Waals surface area contributed by atoms with E-state index < -0.39 is 0 Å². The van der Waals surface area contributed by atoms with Crippen molar-refractivity contribution in [1.29, 1.82) is 5.26 Å². The summed E-state index contributed by atoms with van der Waals surface area (Å²) in [5, 5.41) is 8.81. The summed E-state index contributed by atoms with van der Waals surface area (Å²) in [5.74, 6) is 0. The third-order valence-electron chi connectivity index (χ3n) is 3.47. The molecule has 1 fully saturated rings. The van der Waals surface area contributed by atoms with Crippen molar-refractivity contribution in [2.45, 2.75) is 19.0 Å². The van der Waals surface area contributed by atoms with E-state index in [1.807, 2.05) is 24.3 Å². The first kappa shape index (κ1) is 14.0. The first-order chi connectivity index (χ1) is 9.33. The van der Waals surface area contributed by atoms with E-state index in [0.717, 1.165) is 39.3 Å². The minimum Gasteiger partial charge on any atom is -0.383 e. The molecule has 1 atom stereocenters. The van der Waals surface area contributed by atoms with Crippen molar-refractivity contribution in [3.8, 4) is 6.07 Å². The predicted octanol–water partition coefficient (Wildman–Crippen LogP) is 1.80. The van der Waals surface area contributed by atoms with Gasteiger partial charge < -0.3 is 9.47 Å². The molecular weight excluding hydrogens is 240 g/mol. The van der Waals surface area contributed by atoms with Gasteiger partial charge >= 0.3 is 0 Å². The molecule has 19 heavy (non-hydrogen) atoms. The van der Waals surface area contributed by atoms with E-state index in [4.69, 9.17) is 14.7 Å². The van der Waals surface area contributed by atoms with Crippen molar-refractivity contribution in [2.75, 3.05) is 33.5 Å². The van der Waals surface area contributed by atoms with Crippen LogP contribution in [-0.2, 0) is 16.0 Å². The summed E-state index contributed by atoms with van der Waals surface area (Å²) in [6.45, 7) is 4.17. The fraction of sp³-hybridized carbons (Fsp3) is 0.533. The molecule has 4 heteroatoms. The molecule has 0 spiro atoms. The Balaban J connectivity index is 1.99. The lowest BCUT2D eigenvalue weighted by atomic mass is 10.1. The highest BCUT2D eigenvalue weighted by atomic mass is 16.5. The Morgan fingerprint density at radius 3 is 2.79 bits per heavy atom. The zero-order chi connectivity index (χ0) is 13.5. The van der Waals surface area contributed by atoms with E-state index in [1.165, 1.54) is 5.56 Å². The summed E-state index contributed by atoms with van der Waals surface area (Å²) in [7, 11) is 1.73. The summed E-state index contributed by atoms with van der Waals surface area (Å²) in [6.07, 6.45) is 1.08. The molecule has 1 aromatic carbocycles. The van der Waals surface area contributed by atoms with E-state index in [1.54, 1.807) is 7.11 Å². The van der Waals surface area contributed by atoms with Gasteiger partial charge in [-0.05, 0) is 24.1 Å². The van der Waals surface area contributed by atoms with Gasteiger partial charge in [0.2, 0.25) is 0 Å². The van der Waals surface area contributed by atoms with E-state index in [2.05, 4.69) is 11.0 Å². The third-order valence-corrected chi connectivity index (χ3v) is 3.47. The average Bonchev–Trinajstić information content (AvgIpc) is 2.98. The molecule has 2 rings (SSSR count). The van der Waals surface area contributed by atoms with Gasteiger partial charge in [-0.3, -0.25) is 4.90 Å². The number of hydrogen-bond acceptors (Lipinski definition) is 4. The molecule has 1 unspecified atom stereocenters. The lowest BCUT2D eigenvalue weighted by Gasteiger charge is -2.27. The van der Waals surface area contributed by atoms with Gasteiger partial charge in [0.15, 0.2) is 0 Å². The van der Waals surface area contributed by atoms with Gasteiger partial charge in [0, 0.05) is 32.8 Å². The molecule has 0 saturated carbocycles. The van der Waals surface area contributed by atoms with Gasteiger partial charge in [-0.1, -0.05) is 12.1 Å². The number of rotatable bonds is 6. The summed E-state index contributed by atoms with van der Waals surface area (Å²) < 4.78 is 10.6. The lowest BCUT2D eigenvalue weighted by Crippen LogP contribution is -2.37. The Morgan fingerprint density at radius 2 is 2.21 bits per heavy atom. The largest absolute Gasteiger partial charge is 0.383 e. The van der Waals surface area contributed by atoms with Crippen LogP contribution in [0.2, 0.25) is 0 Å². The SMILES string of the molecule is COCCN(Cc1ccc(C#N)cc1)C1CCOC1. The second-order valence-electron chi connectivity index (χ2n) is 4.79. The molecule has 4 nitrogen and oxygen atoms in total. The normalized spacial score (nSPS) is 18.7. The Morgan fingerprint density at radius 1 is 1.42 bits per heavy atom. The maximum Gasteiger partial charge on any atom is 0.0991 e. The van der Waals surface area contributed by atoms with Gasteiger partial charge in [0.1, 0.15) is 0 Å². The Kier molecular flexibility index (Phi) is 5.34. The monoisotopic (exact) mass is 260 g/mol. The molecule has 0 aliphatic carbocycles. The molecule has 1 aliphatic rings. The zero-order valence-electron chi connectivity index (χ0n) is 11.3. The summed E-state index contributed by atoms with van der Waals surface area (Å²) in [5.41, 5.74) is 1.93. The van der Waals surface area contributed by atoms with Crippen LogP contribution in [0.3, 0.4) is 0 Å². The molecule has 0 N–H and O–H groups in total. The van der Waals surface area contributed by atoms with Gasteiger partial charge in [0.05, 0.1) is 24.8 Å². The van der Waals surface area contributed by atoms with Crippen molar-refractivity contribution in [2.24, 2.45) is 0 Å². The fourth-order valence-corrected chi connectivity index (χ4v) is 2.33. The highest BCUT2D eigenvalue weighted by Gasteiger charge is 2.22. The predicted molar refractivity (Wildman–Crippen MR) is 72.7 cm³/mol. The molecular formula is C15H20N2O2. The summed E-state index contributed by atoms with van der Waals surface area (Å²) in [4.78, 5) is 2.40. The molecule has 0 aromatic heterocycles. The van der Waals surface area contributed by atoms with Gasteiger partial charge in [-0.2, -0.15) is 5.26 Å². The Hall–Kier alpha value is -1.41. The van der Waals surface area contributed by atoms with Gasteiger partial charge in [-0.15, -0.1) is 0 Å². The van der Waals surface area contributed by atoms with Crippen LogP contribution >= 0.6 is 0 Å². The second kappa shape index (κ2) is 7.25. The standard InChI is InChI=1S/C15H20N2O2/c1-18-9-7-17(15-6-8-19-12-15)11-14-4-2-13(10-16)3-5-14/h2-5,15H,6-9,11-12H2,1H3. The molecule has 0 radical (unpaired) electrons. The molecule has 0 bridgehead atoms. The molecule has 1 aliphatic heterocycles. The number of ether oxygens (including phenoxy) is 2. The van der Waals surface area contributed by atoms with Crippen LogP contribution in [0.25, 0.3) is 0 Å². The first-order valence-corrected chi connectivity index (χ1v) is 6.63. The fourth-order valence-electron chi connectivity index (χ4n) is 2.33. The van der Waals surface area contributed by atoms with Crippen LogP contribution in [0.15, 0.2) is 24.3 Å². The van der Waals surface area contributed by atoms with Crippen LogP contribution < -0.4 is 0 Å². The Bertz CT molecular complexity index is 419. The minimum atomic E-state index is 0.478. The molecule has 1 heterocycles. The highest BCUT2D eigenvalue weighted by Crippen LogP contribution is 2.16. The van der Waals surface area contributed by atoms with Gasteiger partial charge in [0.25, 0.3) is 0 Å². The van der Waals surface area contributed by atoms with Crippen LogP contribution in [0.4, 0.5) is 0 Å². The van der Waals surface area contributed by atoms with E-state index in [9.17, 15) is 0 Å². The quantitative estimate of drug-likeness (QED) is 0.782. The number of nitriles is 1. The first-order valence-electron chi connectivity index (χ1n) is 6.63. The van der Waals surface area contributed by atoms with E-state index >= 15 is 0 Å². The summed E-state index contributed by atoms with van der Waals surface area (Å²) in [6, 6.07) is 10.4. The van der Waals surface area contributed by atoms with Crippen molar-refractivity contribution in [3.05, 3.63) is 35.4 Å².